The Bertz CT molecular complexity index is 474. The number of halogens is 4. The summed E-state index contributed by atoms with van der Waals surface area (Å²) in [6.07, 6.45) is -2.68. The highest BCUT2D eigenvalue weighted by Gasteiger charge is 2.32. The lowest BCUT2D eigenvalue weighted by Crippen LogP contribution is -2.49. The van der Waals surface area contributed by atoms with E-state index in [4.69, 9.17) is 0 Å². The first-order valence-corrected chi connectivity index (χ1v) is 7.48. The summed E-state index contributed by atoms with van der Waals surface area (Å²) in [5.74, 6) is 1.41. The zero-order valence-corrected chi connectivity index (χ0v) is 13.2. The van der Waals surface area contributed by atoms with E-state index in [-0.39, 0.29) is 0 Å². The van der Waals surface area contributed by atoms with Gasteiger partial charge in [0, 0.05) is 32.7 Å². The molecule has 21 heavy (non-hydrogen) atoms. The Morgan fingerprint density at radius 3 is 2.48 bits per heavy atom. The van der Waals surface area contributed by atoms with E-state index in [2.05, 4.69) is 31.2 Å². The minimum atomic E-state index is -4.14. The van der Waals surface area contributed by atoms with Gasteiger partial charge in [-0.2, -0.15) is 13.2 Å². The van der Waals surface area contributed by atoms with Gasteiger partial charge in [0.15, 0.2) is 0 Å². The number of nitrogens with one attached hydrogen (secondary N) is 1. The fourth-order valence-corrected chi connectivity index (χ4v) is 2.84. The fraction of sp³-hybridized carbons (Fsp3) is 0.667. The summed E-state index contributed by atoms with van der Waals surface area (Å²) in [7, 11) is 0. The Kier molecular flexibility index (Phi) is 5.26. The summed E-state index contributed by atoms with van der Waals surface area (Å²) in [6, 6.07) is 0. The molecule has 1 fully saturated rings. The van der Waals surface area contributed by atoms with Gasteiger partial charge in [-0.05, 0) is 22.9 Å². The smallest absolute Gasteiger partial charge is 0.369 e. The van der Waals surface area contributed by atoms with E-state index in [9.17, 15) is 13.2 Å². The van der Waals surface area contributed by atoms with Crippen molar-refractivity contribution in [2.24, 2.45) is 0 Å². The molecule has 0 aliphatic carbocycles. The quantitative estimate of drug-likeness (QED) is 0.884. The minimum absolute atomic E-state index is 0.368. The van der Waals surface area contributed by atoms with Crippen LogP contribution in [-0.4, -0.2) is 60.3 Å². The second-order valence-electron chi connectivity index (χ2n) is 4.77. The summed E-state index contributed by atoms with van der Waals surface area (Å²) >= 11 is 3.46. The number of hydrogen-bond acceptors (Lipinski definition) is 5. The third-order valence-corrected chi connectivity index (χ3v) is 3.92. The maximum absolute atomic E-state index is 12.4. The average Bonchev–Trinajstić information content (AvgIpc) is 2.41. The van der Waals surface area contributed by atoms with Gasteiger partial charge in [0.2, 0.25) is 0 Å². The van der Waals surface area contributed by atoms with E-state index in [1.165, 1.54) is 11.2 Å². The molecule has 2 rings (SSSR count). The molecule has 1 saturated heterocycles. The fourth-order valence-electron chi connectivity index (χ4n) is 2.24. The number of hydrogen-bond donors (Lipinski definition) is 1. The van der Waals surface area contributed by atoms with Gasteiger partial charge < -0.3 is 10.2 Å². The maximum atomic E-state index is 12.4. The van der Waals surface area contributed by atoms with E-state index >= 15 is 0 Å². The summed E-state index contributed by atoms with van der Waals surface area (Å²) < 4.78 is 37.9. The van der Waals surface area contributed by atoms with Crippen molar-refractivity contribution in [2.75, 3.05) is 49.5 Å². The highest BCUT2D eigenvalue weighted by molar-refractivity contribution is 9.10. The van der Waals surface area contributed by atoms with Crippen molar-refractivity contribution in [3.05, 3.63) is 10.8 Å². The van der Waals surface area contributed by atoms with E-state index in [1.807, 2.05) is 11.8 Å². The van der Waals surface area contributed by atoms with Gasteiger partial charge in [0.1, 0.15) is 22.4 Å². The molecular formula is C12H17BrF3N5. The van der Waals surface area contributed by atoms with Crippen molar-refractivity contribution < 1.29 is 13.2 Å². The topological polar surface area (TPSA) is 44.3 Å². The SMILES string of the molecule is CCNc1ncnc(N2CCN(CC(F)(F)F)CC2)c1Br. The third kappa shape index (κ3) is 4.44. The standard InChI is InChI=1S/C12H17BrF3N5/c1-2-17-10-9(13)11(19-8-18-10)21-5-3-20(4-6-21)7-12(14,15)16/h8H,2-7H2,1H3,(H,17,18,19). The lowest BCUT2D eigenvalue weighted by molar-refractivity contribution is -0.146. The van der Waals surface area contributed by atoms with Crippen LogP contribution in [0.25, 0.3) is 0 Å². The van der Waals surface area contributed by atoms with Crippen molar-refractivity contribution in [2.45, 2.75) is 13.1 Å². The van der Waals surface area contributed by atoms with Gasteiger partial charge in [0.25, 0.3) is 0 Å². The summed E-state index contributed by atoms with van der Waals surface area (Å²) in [6.45, 7) is 3.60. The molecule has 0 aromatic carbocycles. The summed E-state index contributed by atoms with van der Waals surface area (Å²) in [4.78, 5) is 11.7. The zero-order valence-electron chi connectivity index (χ0n) is 11.6. The largest absolute Gasteiger partial charge is 0.401 e. The van der Waals surface area contributed by atoms with Crippen LogP contribution in [0.3, 0.4) is 0 Å². The molecule has 1 aliphatic heterocycles. The third-order valence-electron chi connectivity index (χ3n) is 3.19. The van der Waals surface area contributed by atoms with Crippen LogP contribution in [0.15, 0.2) is 10.8 Å². The van der Waals surface area contributed by atoms with Crippen molar-refractivity contribution >= 4 is 27.6 Å². The molecule has 0 spiro atoms. The Morgan fingerprint density at radius 1 is 1.24 bits per heavy atom. The van der Waals surface area contributed by atoms with Gasteiger partial charge in [-0.25, -0.2) is 9.97 Å². The summed E-state index contributed by atoms with van der Waals surface area (Å²) in [5.41, 5.74) is 0. The number of nitrogens with zero attached hydrogens (tertiary/aromatic N) is 4. The molecule has 1 N–H and O–H groups in total. The van der Waals surface area contributed by atoms with Gasteiger partial charge >= 0.3 is 6.18 Å². The zero-order chi connectivity index (χ0) is 15.5. The lowest BCUT2D eigenvalue weighted by Gasteiger charge is -2.36. The van der Waals surface area contributed by atoms with E-state index < -0.39 is 12.7 Å². The minimum Gasteiger partial charge on any atom is -0.369 e. The van der Waals surface area contributed by atoms with Gasteiger partial charge in [-0.1, -0.05) is 0 Å². The Balaban J connectivity index is 2.01. The van der Waals surface area contributed by atoms with Crippen molar-refractivity contribution in [1.82, 2.24) is 14.9 Å². The number of piperazine rings is 1. The molecule has 5 nitrogen and oxygen atoms in total. The lowest BCUT2D eigenvalue weighted by atomic mass is 10.3. The molecule has 9 heteroatoms. The van der Waals surface area contributed by atoms with Gasteiger partial charge in [-0.15, -0.1) is 0 Å². The number of aromatic nitrogens is 2. The van der Waals surface area contributed by atoms with Crippen LogP contribution in [0.2, 0.25) is 0 Å². The first-order chi connectivity index (χ1) is 9.90. The van der Waals surface area contributed by atoms with Crippen LogP contribution in [0, 0.1) is 0 Å². The monoisotopic (exact) mass is 367 g/mol. The van der Waals surface area contributed by atoms with Gasteiger partial charge in [0.05, 0.1) is 6.54 Å². The van der Waals surface area contributed by atoms with E-state index in [0.29, 0.717) is 37.8 Å². The molecule has 0 atom stereocenters. The molecule has 0 radical (unpaired) electrons. The normalized spacial score (nSPS) is 17.1. The highest BCUT2D eigenvalue weighted by atomic mass is 79.9. The molecule has 2 heterocycles. The number of anilines is 2. The van der Waals surface area contributed by atoms with Crippen LogP contribution < -0.4 is 10.2 Å². The number of rotatable bonds is 4. The Morgan fingerprint density at radius 2 is 1.90 bits per heavy atom. The van der Waals surface area contributed by atoms with Crippen molar-refractivity contribution in [1.29, 1.82) is 0 Å². The summed E-state index contributed by atoms with van der Waals surface area (Å²) in [5, 5.41) is 3.11. The molecular weight excluding hydrogens is 351 g/mol. The van der Waals surface area contributed by atoms with Crippen molar-refractivity contribution in [3.63, 3.8) is 0 Å². The molecule has 0 unspecified atom stereocenters. The molecule has 1 aromatic rings. The first-order valence-electron chi connectivity index (χ1n) is 6.69. The second-order valence-corrected chi connectivity index (χ2v) is 5.56. The van der Waals surface area contributed by atoms with Crippen molar-refractivity contribution in [3.8, 4) is 0 Å². The van der Waals surface area contributed by atoms with Crippen LogP contribution in [-0.2, 0) is 0 Å². The maximum Gasteiger partial charge on any atom is 0.401 e. The molecule has 0 amide bonds. The highest BCUT2D eigenvalue weighted by Crippen LogP contribution is 2.30. The molecule has 1 aromatic heterocycles. The van der Waals surface area contributed by atoms with Crippen LogP contribution >= 0.6 is 15.9 Å². The molecule has 1 aliphatic rings. The molecule has 118 valence electrons. The van der Waals surface area contributed by atoms with Crippen LogP contribution in [0.4, 0.5) is 24.8 Å². The first kappa shape index (κ1) is 16.3. The molecule has 0 bridgehead atoms. The average molecular weight is 368 g/mol. The molecule has 0 saturated carbocycles. The van der Waals surface area contributed by atoms with Crippen LogP contribution in [0.1, 0.15) is 6.92 Å². The van der Waals surface area contributed by atoms with E-state index in [0.717, 1.165) is 11.0 Å². The van der Waals surface area contributed by atoms with Crippen LogP contribution in [0.5, 0.6) is 0 Å². The Labute approximate surface area is 129 Å². The number of alkyl halides is 3. The predicted molar refractivity (Wildman–Crippen MR) is 78.6 cm³/mol. The predicted octanol–water partition coefficient (Wildman–Crippen LogP) is 2.36. The Hall–Kier alpha value is -1.09. The van der Waals surface area contributed by atoms with Gasteiger partial charge in [-0.3, -0.25) is 4.90 Å². The second kappa shape index (κ2) is 6.78. The van der Waals surface area contributed by atoms with E-state index in [1.54, 1.807) is 0 Å².